The second-order valence-electron chi connectivity index (χ2n) is 6.70. The Bertz CT molecular complexity index is 1030. The standard InChI is InChI=1S/C21H19N3O5/c1-13-3-2-4-15(9-13)22-19(25)12-24-20(26)16(23-21(24)27)10-14-5-6-17-18(11-14)29-8-7-28-17/h2-6,9-11H,7-8,12H2,1H3,(H,22,25)(H,23,27). The number of rotatable bonds is 4. The molecular formula is C21H19N3O5. The molecule has 2 aliphatic heterocycles. The summed E-state index contributed by atoms with van der Waals surface area (Å²) in [5.41, 5.74) is 2.36. The van der Waals surface area contributed by atoms with Crippen molar-refractivity contribution in [2.24, 2.45) is 0 Å². The SMILES string of the molecule is Cc1cccc(NC(=O)CN2C(=O)NC(=Cc3ccc4c(c3)OCCO4)C2=O)c1. The Morgan fingerprint density at radius 2 is 1.93 bits per heavy atom. The number of amides is 4. The molecule has 2 aromatic carbocycles. The summed E-state index contributed by atoms with van der Waals surface area (Å²) >= 11 is 0. The maximum absolute atomic E-state index is 12.6. The molecular weight excluding hydrogens is 374 g/mol. The molecule has 29 heavy (non-hydrogen) atoms. The van der Waals surface area contributed by atoms with Gasteiger partial charge in [0.05, 0.1) is 0 Å². The predicted molar refractivity (Wildman–Crippen MR) is 105 cm³/mol. The van der Waals surface area contributed by atoms with Gasteiger partial charge in [-0.05, 0) is 48.4 Å². The van der Waals surface area contributed by atoms with Crippen molar-refractivity contribution in [3.8, 4) is 11.5 Å². The van der Waals surface area contributed by atoms with Crippen LogP contribution in [0.3, 0.4) is 0 Å². The van der Waals surface area contributed by atoms with Gasteiger partial charge >= 0.3 is 6.03 Å². The van der Waals surface area contributed by atoms with E-state index in [4.69, 9.17) is 9.47 Å². The molecule has 2 heterocycles. The van der Waals surface area contributed by atoms with Gasteiger partial charge < -0.3 is 20.1 Å². The highest BCUT2D eigenvalue weighted by Crippen LogP contribution is 2.31. The van der Waals surface area contributed by atoms with Gasteiger partial charge in [0.1, 0.15) is 25.5 Å². The predicted octanol–water partition coefficient (Wildman–Crippen LogP) is 2.30. The van der Waals surface area contributed by atoms with E-state index in [9.17, 15) is 14.4 Å². The second kappa shape index (κ2) is 7.67. The highest BCUT2D eigenvalue weighted by Gasteiger charge is 2.35. The van der Waals surface area contributed by atoms with Crippen LogP contribution in [0.4, 0.5) is 10.5 Å². The fourth-order valence-electron chi connectivity index (χ4n) is 3.10. The molecule has 0 spiro atoms. The normalized spacial score (nSPS) is 16.7. The highest BCUT2D eigenvalue weighted by atomic mass is 16.6. The van der Waals surface area contributed by atoms with E-state index >= 15 is 0 Å². The number of nitrogens with zero attached hydrogens (tertiary/aromatic N) is 1. The summed E-state index contributed by atoms with van der Waals surface area (Å²) in [6.45, 7) is 2.47. The van der Waals surface area contributed by atoms with Crippen molar-refractivity contribution >= 4 is 29.6 Å². The van der Waals surface area contributed by atoms with Crippen LogP contribution < -0.4 is 20.1 Å². The summed E-state index contributed by atoms with van der Waals surface area (Å²) in [6, 6.07) is 11.9. The molecule has 0 unspecified atom stereocenters. The third-order valence-corrected chi connectivity index (χ3v) is 4.44. The second-order valence-corrected chi connectivity index (χ2v) is 6.70. The first-order valence-corrected chi connectivity index (χ1v) is 9.10. The molecule has 8 heteroatoms. The zero-order chi connectivity index (χ0) is 20.4. The summed E-state index contributed by atoms with van der Waals surface area (Å²) in [6.07, 6.45) is 1.54. The molecule has 4 rings (SSSR count). The lowest BCUT2D eigenvalue weighted by atomic mass is 10.1. The van der Waals surface area contributed by atoms with Crippen molar-refractivity contribution in [2.75, 3.05) is 25.1 Å². The number of carbonyl (C=O) groups is 3. The molecule has 1 saturated heterocycles. The maximum Gasteiger partial charge on any atom is 0.329 e. The Balaban J connectivity index is 1.45. The first-order chi connectivity index (χ1) is 14.0. The summed E-state index contributed by atoms with van der Waals surface area (Å²) in [4.78, 5) is 37.9. The number of fused-ring (bicyclic) bond motifs is 1. The lowest BCUT2D eigenvalue weighted by molar-refractivity contribution is -0.127. The van der Waals surface area contributed by atoms with E-state index in [0.29, 0.717) is 36.0 Å². The molecule has 2 N–H and O–H groups in total. The Morgan fingerprint density at radius 3 is 2.72 bits per heavy atom. The van der Waals surface area contributed by atoms with E-state index in [1.165, 1.54) is 6.08 Å². The average Bonchev–Trinajstić information content (AvgIpc) is 2.95. The smallest absolute Gasteiger partial charge is 0.329 e. The first-order valence-electron chi connectivity index (χ1n) is 9.10. The minimum absolute atomic E-state index is 0.0926. The van der Waals surface area contributed by atoms with E-state index in [1.807, 2.05) is 19.1 Å². The quantitative estimate of drug-likeness (QED) is 0.614. The molecule has 148 valence electrons. The van der Waals surface area contributed by atoms with Crippen molar-refractivity contribution in [3.05, 3.63) is 59.3 Å². The molecule has 2 aliphatic rings. The van der Waals surface area contributed by atoms with Crippen LogP contribution in [0, 0.1) is 6.92 Å². The van der Waals surface area contributed by atoms with Crippen molar-refractivity contribution in [1.82, 2.24) is 10.2 Å². The molecule has 2 aromatic rings. The Labute approximate surface area is 167 Å². The zero-order valence-electron chi connectivity index (χ0n) is 15.7. The minimum Gasteiger partial charge on any atom is -0.486 e. The topological polar surface area (TPSA) is 97.0 Å². The molecule has 8 nitrogen and oxygen atoms in total. The van der Waals surface area contributed by atoms with Crippen molar-refractivity contribution < 1.29 is 23.9 Å². The lowest BCUT2D eigenvalue weighted by Gasteiger charge is -2.18. The number of benzene rings is 2. The fourth-order valence-corrected chi connectivity index (χ4v) is 3.10. The van der Waals surface area contributed by atoms with Crippen LogP contribution in [-0.4, -0.2) is 42.5 Å². The molecule has 0 aliphatic carbocycles. The van der Waals surface area contributed by atoms with E-state index < -0.39 is 17.8 Å². The van der Waals surface area contributed by atoms with Crippen molar-refractivity contribution in [2.45, 2.75) is 6.92 Å². The van der Waals surface area contributed by atoms with E-state index in [0.717, 1.165) is 10.5 Å². The van der Waals surface area contributed by atoms with Gasteiger partial charge in [0.2, 0.25) is 5.91 Å². The van der Waals surface area contributed by atoms with Crippen molar-refractivity contribution in [3.63, 3.8) is 0 Å². The van der Waals surface area contributed by atoms with Gasteiger partial charge in [0.25, 0.3) is 5.91 Å². The van der Waals surface area contributed by atoms with E-state index in [-0.39, 0.29) is 12.2 Å². The number of aryl methyl sites for hydroxylation is 1. The third-order valence-electron chi connectivity index (χ3n) is 4.44. The lowest BCUT2D eigenvalue weighted by Crippen LogP contribution is -2.38. The first kappa shape index (κ1) is 18.5. The van der Waals surface area contributed by atoms with E-state index in [1.54, 1.807) is 30.3 Å². The Hall–Kier alpha value is -3.81. The number of carbonyl (C=O) groups excluding carboxylic acids is 3. The van der Waals surface area contributed by atoms with Crippen LogP contribution in [0.1, 0.15) is 11.1 Å². The van der Waals surface area contributed by atoms with Gasteiger partial charge in [-0.2, -0.15) is 0 Å². The molecule has 0 saturated carbocycles. The van der Waals surface area contributed by atoms with E-state index in [2.05, 4.69) is 10.6 Å². The number of anilines is 1. The highest BCUT2D eigenvalue weighted by molar-refractivity contribution is 6.15. The number of urea groups is 1. The van der Waals surface area contributed by atoms with Crippen LogP contribution >= 0.6 is 0 Å². The summed E-state index contributed by atoms with van der Waals surface area (Å²) in [7, 11) is 0. The zero-order valence-corrected chi connectivity index (χ0v) is 15.7. The molecule has 0 bridgehead atoms. The van der Waals surface area contributed by atoms with Crippen LogP contribution in [0.15, 0.2) is 48.2 Å². The van der Waals surface area contributed by atoms with Crippen LogP contribution in [0.5, 0.6) is 11.5 Å². The number of nitrogens with one attached hydrogen (secondary N) is 2. The van der Waals surface area contributed by atoms with Gasteiger partial charge in [0.15, 0.2) is 11.5 Å². The Kier molecular flexibility index (Phi) is 4.90. The Morgan fingerprint density at radius 1 is 1.14 bits per heavy atom. The summed E-state index contributed by atoms with van der Waals surface area (Å²) in [5.74, 6) is 0.190. The van der Waals surface area contributed by atoms with Gasteiger partial charge in [-0.25, -0.2) is 9.69 Å². The number of hydrogen-bond acceptors (Lipinski definition) is 5. The maximum atomic E-state index is 12.6. The third kappa shape index (κ3) is 4.06. The largest absolute Gasteiger partial charge is 0.486 e. The van der Waals surface area contributed by atoms with Gasteiger partial charge in [-0.1, -0.05) is 18.2 Å². The average molecular weight is 393 g/mol. The molecule has 4 amide bonds. The van der Waals surface area contributed by atoms with Crippen LogP contribution in [0.25, 0.3) is 6.08 Å². The number of ether oxygens (including phenoxy) is 2. The van der Waals surface area contributed by atoms with Gasteiger partial charge in [-0.15, -0.1) is 0 Å². The van der Waals surface area contributed by atoms with Gasteiger partial charge in [0, 0.05) is 5.69 Å². The molecule has 0 aromatic heterocycles. The minimum atomic E-state index is -0.641. The summed E-state index contributed by atoms with van der Waals surface area (Å²) in [5, 5.41) is 5.19. The molecule has 1 fully saturated rings. The molecule has 0 atom stereocenters. The van der Waals surface area contributed by atoms with Crippen LogP contribution in [0.2, 0.25) is 0 Å². The molecule has 0 radical (unpaired) electrons. The van der Waals surface area contributed by atoms with Gasteiger partial charge in [-0.3, -0.25) is 9.59 Å². The fraction of sp³-hybridized carbons (Fsp3) is 0.190. The van der Waals surface area contributed by atoms with Crippen molar-refractivity contribution in [1.29, 1.82) is 0 Å². The number of hydrogen-bond donors (Lipinski definition) is 2. The summed E-state index contributed by atoms with van der Waals surface area (Å²) < 4.78 is 11.0. The van der Waals surface area contributed by atoms with Crippen LogP contribution in [-0.2, 0) is 9.59 Å². The monoisotopic (exact) mass is 393 g/mol. The number of imide groups is 1.